The van der Waals surface area contributed by atoms with Crippen molar-refractivity contribution in [1.29, 1.82) is 5.26 Å². The van der Waals surface area contributed by atoms with E-state index in [1.54, 1.807) is 6.07 Å². The third-order valence-electron chi connectivity index (χ3n) is 1.50. The van der Waals surface area contributed by atoms with Gasteiger partial charge in [0.05, 0.1) is 6.07 Å². The molecule has 0 aromatic heterocycles. The van der Waals surface area contributed by atoms with Crippen LogP contribution in [0.15, 0.2) is 12.1 Å². The second kappa shape index (κ2) is 3.46. The average Bonchev–Trinajstić information content (AvgIpc) is 2.12. The van der Waals surface area contributed by atoms with E-state index in [4.69, 9.17) is 11.0 Å². The molecule has 0 aliphatic carbocycles. The van der Waals surface area contributed by atoms with Crippen LogP contribution in [0.3, 0.4) is 0 Å². The van der Waals surface area contributed by atoms with E-state index in [0.717, 1.165) is 0 Å². The Morgan fingerprint density at radius 3 is 2.08 bits per heavy atom. The zero-order valence-corrected chi connectivity index (χ0v) is 6.39. The highest BCUT2D eigenvalue weighted by molar-refractivity contribution is 5.25. The molecule has 13 heavy (non-hydrogen) atoms. The predicted molar refractivity (Wildman–Crippen MR) is 38.9 cm³/mol. The van der Waals surface area contributed by atoms with Gasteiger partial charge in [-0.1, -0.05) is 0 Å². The summed E-state index contributed by atoms with van der Waals surface area (Å²) >= 11 is 0. The molecule has 68 valence electrons. The first-order chi connectivity index (χ1) is 6.06. The van der Waals surface area contributed by atoms with E-state index in [1.165, 1.54) is 0 Å². The van der Waals surface area contributed by atoms with E-state index in [2.05, 4.69) is 0 Å². The fourth-order valence-corrected chi connectivity index (χ4v) is 0.829. The summed E-state index contributed by atoms with van der Waals surface area (Å²) in [5.74, 6) is -4.25. The molecule has 0 amide bonds. The molecule has 0 fully saturated rings. The van der Waals surface area contributed by atoms with Gasteiger partial charge in [-0.05, 0) is 17.7 Å². The molecule has 0 saturated heterocycles. The highest BCUT2D eigenvalue weighted by Gasteiger charge is 2.13. The predicted octanol–water partition coefficient (Wildman–Crippen LogP) is 1.63. The standard InChI is InChI=1S/C8H5F3N2/c9-5-1-4(7(13)3-12)2-6(10)8(5)11/h1-2,7H,13H2. The van der Waals surface area contributed by atoms with Crippen molar-refractivity contribution in [3.8, 4) is 6.07 Å². The van der Waals surface area contributed by atoms with Gasteiger partial charge in [-0.25, -0.2) is 13.2 Å². The van der Waals surface area contributed by atoms with E-state index < -0.39 is 23.5 Å². The fraction of sp³-hybridized carbons (Fsp3) is 0.125. The van der Waals surface area contributed by atoms with E-state index in [9.17, 15) is 13.2 Å². The van der Waals surface area contributed by atoms with Gasteiger partial charge in [0.15, 0.2) is 17.5 Å². The van der Waals surface area contributed by atoms with Crippen LogP contribution in [0.4, 0.5) is 13.2 Å². The lowest BCUT2D eigenvalue weighted by Crippen LogP contribution is -2.08. The molecular formula is C8H5F3N2. The van der Waals surface area contributed by atoms with Crippen molar-refractivity contribution in [3.05, 3.63) is 35.1 Å². The largest absolute Gasteiger partial charge is 0.312 e. The molecule has 0 heterocycles. The van der Waals surface area contributed by atoms with Gasteiger partial charge in [0.1, 0.15) is 6.04 Å². The van der Waals surface area contributed by atoms with Gasteiger partial charge < -0.3 is 5.73 Å². The zero-order valence-electron chi connectivity index (χ0n) is 6.39. The van der Waals surface area contributed by atoms with E-state index in [1.807, 2.05) is 0 Å². The SMILES string of the molecule is N#CC(N)c1cc(F)c(F)c(F)c1. The molecule has 1 rings (SSSR count). The fourth-order valence-electron chi connectivity index (χ4n) is 0.829. The summed E-state index contributed by atoms with van der Waals surface area (Å²) in [4.78, 5) is 0. The van der Waals surface area contributed by atoms with Crippen LogP contribution in [-0.2, 0) is 0 Å². The maximum Gasteiger partial charge on any atom is 0.194 e. The minimum absolute atomic E-state index is 0.0844. The maximum atomic E-state index is 12.6. The average molecular weight is 186 g/mol. The zero-order chi connectivity index (χ0) is 10.0. The molecule has 5 heteroatoms. The van der Waals surface area contributed by atoms with Gasteiger partial charge in [0.2, 0.25) is 0 Å². The third-order valence-corrected chi connectivity index (χ3v) is 1.50. The number of nitrogens with two attached hydrogens (primary N) is 1. The van der Waals surface area contributed by atoms with Crippen LogP contribution >= 0.6 is 0 Å². The molecule has 1 atom stereocenters. The summed E-state index contributed by atoms with van der Waals surface area (Å²) < 4.78 is 37.5. The minimum Gasteiger partial charge on any atom is -0.312 e. The molecule has 0 aliphatic heterocycles. The van der Waals surface area contributed by atoms with Gasteiger partial charge in [0.25, 0.3) is 0 Å². The Kier molecular flexibility index (Phi) is 2.54. The van der Waals surface area contributed by atoms with Crippen molar-refractivity contribution in [3.63, 3.8) is 0 Å². The first-order valence-corrected chi connectivity index (χ1v) is 3.36. The molecule has 1 unspecified atom stereocenters. The molecule has 2 N–H and O–H groups in total. The lowest BCUT2D eigenvalue weighted by Gasteiger charge is -2.03. The molecule has 0 bridgehead atoms. The number of rotatable bonds is 1. The number of nitrogens with zero attached hydrogens (tertiary/aromatic N) is 1. The molecule has 0 spiro atoms. The highest BCUT2D eigenvalue weighted by Crippen LogP contribution is 2.17. The number of hydrogen-bond acceptors (Lipinski definition) is 2. The first-order valence-electron chi connectivity index (χ1n) is 3.36. The van der Waals surface area contributed by atoms with Gasteiger partial charge in [-0.3, -0.25) is 0 Å². The van der Waals surface area contributed by atoms with E-state index >= 15 is 0 Å². The Balaban J connectivity index is 3.22. The van der Waals surface area contributed by atoms with Gasteiger partial charge in [0, 0.05) is 0 Å². The van der Waals surface area contributed by atoms with Crippen molar-refractivity contribution in [1.82, 2.24) is 0 Å². The lowest BCUT2D eigenvalue weighted by atomic mass is 10.1. The van der Waals surface area contributed by atoms with Gasteiger partial charge >= 0.3 is 0 Å². The van der Waals surface area contributed by atoms with Crippen LogP contribution in [0.2, 0.25) is 0 Å². The van der Waals surface area contributed by atoms with Crippen LogP contribution in [0.1, 0.15) is 11.6 Å². The van der Waals surface area contributed by atoms with E-state index in [-0.39, 0.29) is 5.56 Å². The summed E-state index contributed by atoms with van der Waals surface area (Å²) in [6, 6.07) is 1.83. The Hall–Kier alpha value is -1.54. The Morgan fingerprint density at radius 1 is 1.23 bits per heavy atom. The minimum atomic E-state index is -1.56. The van der Waals surface area contributed by atoms with Crippen LogP contribution in [-0.4, -0.2) is 0 Å². The van der Waals surface area contributed by atoms with Crippen LogP contribution in [0.25, 0.3) is 0 Å². The molecule has 2 nitrogen and oxygen atoms in total. The Labute approximate surface area is 72.4 Å². The summed E-state index contributed by atoms with van der Waals surface area (Å²) in [6.45, 7) is 0. The molecule has 1 aromatic carbocycles. The summed E-state index contributed by atoms with van der Waals surface area (Å²) in [5, 5.41) is 8.33. The van der Waals surface area contributed by atoms with Gasteiger partial charge in [-0.2, -0.15) is 5.26 Å². The second-order valence-corrected chi connectivity index (χ2v) is 2.41. The van der Waals surface area contributed by atoms with Crippen molar-refractivity contribution in [2.45, 2.75) is 6.04 Å². The molecular weight excluding hydrogens is 181 g/mol. The second-order valence-electron chi connectivity index (χ2n) is 2.41. The van der Waals surface area contributed by atoms with Crippen molar-refractivity contribution in [2.24, 2.45) is 5.73 Å². The quantitative estimate of drug-likeness (QED) is 0.677. The van der Waals surface area contributed by atoms with E-state index in [0.29, 0.717) is 12.1 Å². The van der Waals surface area contributed by atoms with Gasteiger partial charge in [-0.15, -0.1) is 0 Å². The topological polar surface area (TPSA) is 49.8 Å². The molecule has 0 aliphatic rings. The molecule has 0 saturated carbocycles. The number of benzene rings is 1. The van der Waals surface area contributed by atoms with Crippen LogP contribution in [0, 0.1) is 28.8 Å². The number of nitriles is 1. The summed E-state index contributed by atoms with van der Waals surface area (Å²) in [5.41, 5.74) is 5.08. The van der Waals surface area contributed by atoms with Crippen LogP contribution in [0.5, 0.6) is 0 Å². The number of hydrogen-bond donors (Lipinski definition) is 1. The van der Waals surface area contributed by atoms with Crippen molar-refractivity contribution >= 4 is 0 Å². The third kappa shape index (κ3) is 1.79. The number of halogens is 3. The Bertz CT molecular complexity index is 347. The maximum absolute atomic E-state index is 12.6. The normalized spacial score (nSPS) is 12.2. The molecule has 0 radical (unpaired) electrons. The lowest BCUT2D eigenvalue weighted by molar-refractivity contribution is 0.444. The Morgan fingerprint density at radius 2 is 1.69 bits per heavy atom. The van der Waals surface area contributed by atoms with Crippen LogP contribution < -0.4 is 5.73 Å². The van der Waals surface area contributed by atoms with Crippen molar-refractivity contribution < 1.29 is 13.2 Å². The molecule has 1 aromatic rings. The highest BCUT2D eigenvalue weighted by atomic mass is 19.2. The first kappa shape index (κ1) is 9.55. The monoisotopic (exact) mass is 186 g/mol. The smallest absolute Gasteiger partial charge is 0.194 e. The van der Waals surface area contributed by atoms with Crippen molar-refractivity contribution in [2.75, 3.05) is 0 Å². The summed E-state index contributed by atoms with van der Waals surface area (Å²) in [6.07, 6.45) is 0. The summed E-state index contributed by atoms with van der Waals surface area (Å²) in [7, 11) is 0.